The molecule has 1 heterocycles. The molecule has 0 bridgehead atoms. The molecule has 1 N–H and O–H groups in total. The summed E-state index contributed by atoms with van der Waals surface area (Å²) in [5, 5.41) is 3.66. The molecular weight excluding hydrogens is 208 g/mol. The van der Waals surface area contributed by atoms with Gasteiger partial charge in [-0.2, -0.15) is 0 Å². The number of hydrogen-bond donors (Lipinski definition) is 1. The molecule has 0 radical (unpaired) electrons. The highest BCUT2D eigenvalue weighted by molar-refractivity contribution is 5.32. The molecule has 94 valence electrons. The summed E-state index contributed by atoms with van der Waals surface area (Å²) in [6, 6.07) is 9.40. The Morgan fingerprint density at radius 1 is 1.29 bits per heavy atom. The molecule has 2 rings (SSSR count). The first kappa shape index (κ1) is 12.6. The van der Waals surface area contributed by atoms with Crippen LogP contribution < -0.4 is 5.32 Å². The third-order valence-electron chi connectivity index (χ3n) is 3.64. The van der Waals surface area contributed by atoms with Crippen molar-refractivity contribution in [3.8, 4) is 0 Å². The van der Waals surface area contributed by atoms with Crippen LogP contribution in [0, 0.1) is 0 Å². The van der Waals surface area contributed by atoms with Gasteiger partial charge in [0.15, 0.2) is 0 Å². The van der Waals surface area contributed by atoms with E-state index in [1.807, 2.05) is 0 Å². The van der Waals surface area contributed by atoms with Crippen LogP contribution in [-0.2, 0) is 6.42 Å². The maximum absolute atomic E-state index is 3.66. The molecule has 0 saturated heterocycles. The van der Waals surface area contributed by atoms with E-state index in [0.717, 1.165) is 19.6 Å². The monoisotopic (exact) mass is 232 g/mol. The Labute approximate surface area is 105 Å². The second-order valence-corrected chi connectivity index (χ2v) is 4.85. The Balaban J connectivity index is 2.07. The molecule has 0 aliphatic carbocycles. The summed E-state index contributed by atoms with van der Waals surface area (Å²) in [6.07, 6.45) is 2.41. The largest absolute Gasteiger partial charge is 0.309 e. The summed E-state index contributed by atoms with van der Waals surface area (Å²) in [4.78, 5) is 2.54. The molecule has 1 aromatic rings. The molecule has 0 aromatic heterocycles. The van der Waals surface area contributed by atoms with Gasteiger partial charge in [0, 0.05) is 12.6 Å². The third-order valence-corrected chi connectivity index (χ3v) is 3.64. The molecule has 2 nitrogen and oxygen atoms in total. The molecule has 1 aliphatic rings. The van der Waals surface area contributed by atoms with E-state index in [-0.39, 0.29) is 0 Å². The van der Waals surface area contributed by atoms with Crippen molar-refractivity contribution in [2.24, 2.45) is 0 Å². The fourth-order valence-corrected chi connectivity index (χ4v) is 2.71. The van der Waals surface area contributed by atoms with E-state index in [2.05, 4.69) is 48.3 Å². The highest BCUT2D eigenvalue weighted by Gasteiger charge is 2.20. The van der Waals surface area contributed by atoms with Crippen molar-refractivity contribution >= 4 is 0 Å². The zero-order valence-electron chi connectivity index (χ0n) is 11.1. The van der Waals surface area contributed by atoms with E-state index in [1.54, 1.807) is 0 Å². The number of nitrogens with one attached hydrogen (secondary N) is 1. The number of likely N-dealkylation sites (N-methyl/N-ethyl adjacent to an activating group) is 1. The van der Waals surface area contributed by atoms with Gasteiger partial charge in [0.2, 0.25) is 0 Å². The summed E-state index contributed by atoms with van der Waals surface area (Å²) < 4.78 is 0. The molecule has 1 unspecified atom stereocenters. The summed E-state index contributed by atoms with van der Waals surface area (Å²) in [5.41, 5.74) is 3.04. The lowest BCUT2D eigenvalue weighted by molar-refractivity contribution is 0.250. The van der Waals surface area contributed by atoms with Gasteiger partial charge in [-0.05, 0) is 43.6 Å². The predicted molar refractivity (Wildman–Crippen MR) is 73.3 cm³/mol. The first-order valence-corrected chi connectivity index (χ1v) is 6.88. The van der Waals surface area contributed by atoms with Gasteiger partial charge in [-0.25, -0.2) is 0 Å². The Hall–Kier alpha value is -0.860. The van der Waals surface area contributed by atoms with Crippen LogP contribution >= 0.6 is 0 Å². The summed E-state index contributed by atoms with van der Waals surface area (Å²) in [5.74, 6) is 0. The van der Waals surface area contributed by atoms with Crippen molar-refractivity contribution in [2.45, 2.75) is 32.7 Å². The Morgan fingerprint density at radius 2 is 2.12 bits per heavy atom. The number of benzene rings is 1. The highest BCUT2D eigenvalue weighted by atomic mass is 15.1. The number of hydrogen-bond acceptors (Lipinski definition) is 2. The van der Waals surface area contributed by atoms with Gasteiger partial charge in [-0.15, -0.1) is 0 Å². The van der Waals surface area contributed by atoms with Crippen molar-refractivity contribution < 1.29 is 0 Å². The quantitative estimate of drug-likeness (QED) is 0.839. The molecule has 1 aliphatic heterocycles. The lowest BCUT2D eigenvalue weighted by atomic mass is 9.94. The zero-order valence-corrected chi connectivity index (χ0v) is 11.1. The van der Waals surface area contributed by atoms with Crippen LogP contribution in [0.15, 0.2) is 24.3 Å². The highest BCUT2D eigenvalue weighted by Crippen LogP contribution is 2.23. The molecule has 17 heavy (non-hydrogen) atoms. The maximum atomic E-state index is 3.66. The van der Waals surface area contributed by atoms with Crippen LogP contribution in [0.4, 0.5) is 0 Å². The van der Waals surface area contributed by atoms with Crippen LogP contribution in [0.3, 0.4) is 0 Å². The lowest BCUT2D eigenvalue weighted by Crippen LogP contribution is -2.39. The maximum Gasteiger partial charge on any atom is 0.0452 e. The molecule has 0 amide bonds. The predicted octanol–water partition coefficient (Wildman–Crippen LogP) is 2.61. The smallest absolute Gasteiger partial charge is 0.0452 e. The normalized spacial score (nSPS) is 19.4. The zero-order chi connectivity index (χ0) is 12.1. The van der Waals surface area contributed by atoms with Gasteiger partial charge >= 0.3 is 0 Å². The molecule has 0 fully saturated rings. The summed E-state index contributed by atoms with van der Waals surface area (Å²) in [6.45, 7) is 9.12. The van der Waals surface area contributed by atoms with Crippen LogP contribution in [0.25, 0.3) is 0 Å². The van der Waals surface area contributed by atoms with E-state index in [0.29, 0.717) is 6.04 Å². The van der Waals surface area contributed by atoms with Crippen molar-refractivity contribution in [1.29, 1.82) is 0 Å². The minimum absolute atomic E-state index is 0.520. The SMILES string of the molecule is CCCN(CC)CC1NCCc2ccccc21. The number of fused-ring (bicyclic) bond motifs is 1. The van der Waals surface area contributed by atoms with Crippen LogP contribution in [-0.4, -0.2) is 31.1 Å². The third kappa shape index (κ3) is 3.08. The Kier molecular flexibility index (Phi) is 4.57. The van der Waals surface area contributed by atoms with Crippen molar-refractivity contribution in [1.82, 2.24) is 10.2 Å². The minimum atomic E-state index is 0.520. The summed E-state index contributed by atoms with van der Waals surface area (Å²) in [7, 11) is 0. The van der Waals surface area contributed by atoms with Gasteiger partial charge in [0.05, 0.1) is 0 Å². The average molecular weight is 232 g/mol. The van der Waals surface area contributed by atoms with Gasteiger partial charge < -0.3 is 10.2 Å². The first-order chi connectivity index (χ1) is 8.35. The van der Waals surface area contributed by atoms with E-state index >= 15 is 0 Å². The van der Waals surface area contributed by atoms with Crippen LogP contribution in [0.5, 0.6) is 0 Å². The van der Waals surface area contributed by atoms with Gasteiger partial charge in [0.25, 0.3) is 0 Å². The van der Waals surface area contributed by atoms with Crippen molar-refractivity contribution in [2.75, 3.05) is 26.2 Å². The Bertz CT molecular complexity index is 349. The van der Waals surface area contributed by atoms with Crippen LogP contribution in [0.2, 0.25) is 0 Å². The van der Waals surface area contributed by atoms with E-state index < -0.39 is 0 Å². The molecule has 1 aromatic carbocycles. The van der Waals surface area contributed by atoms with Gasteiger partial charge in [-0.1, -0.05) is 38.1 Å². The second kappa shape index (κ2) is 6.18. The first-order valence-electron chi connectivity index (χ1n) is 6.88. The fraction of sp³-hybridized carbons (Fsp3) is 0.600. The Morgan fingerprint density at radius 3 is 2.88 bits per heavy atom. The standard InChI is InChI=1S/C15H24N2/c1-3-11-17(4-2)12-15-14-8-6-5-7-13(14)9-10-16-15/h5-8,15-16H,3-4,9-12H2,1-2H3. The van der Waals surface area contributed by atoms with E-state index in [9.17, 15) is 0 Å². The van der Waals surface area contributed by atoms with Crippen LogP contribution in [0.1, 0.15) is 37.4 Å². The van der Waals surface area contributed by atoms with Crippen molar-refractivity contribution in [3.63, 3.8) is 0 Å². The molecule has 1 atom stereocenters. The molecular formula is C15H24N2. The topological polar surface area (TPSA) is 15.3 Å². The van der Waals surface area contributed by atoms with E-state index in [4.69, 9.17) is 0 Å². The fourth-order valence-electron chi connectivity index (χ4n) is 2.71. The molecule has 0 spiro atoms. The summed E-state index contributed by atoms with van der Waals surface area (Å²) >= 11 is 0. The number of rotatable bonds is 5. The number of nitrogens with zero attached hydrogens (tertiary/aromatic N) is 1. The minimum Gasteiger partial charge on any atom is -0.309 e. The lowest BCUT2D eigenvalue weighted by Gasteiger charge is -2.31. The van der Waals surface area contributed by atoms with Crippen molar-refractivity contribution in [3.05, 3.63) is 35.4 Å². The van der Waals surface area contributed by atoms with Gasteiger partial charge in [-0.3, -0.25) is 0 Å². The van der Waals surface area contributed by atoms with Gasteiger partial charge in [0.1, 0.15) is 0 Å². The second-order valence-electron chi connectivity index (χ2n) is 4.85. The molecule has 0 saturated carbocycles. The average Bonchev–Trinajstić information content (AvgIpc) is 2.38. The van der Waals surface area contributed by atoms with E-state index in [1.165, 1.54) is 30.5 Å². The molecule has 2 heteroatoms.